The summed E-state index contributed by atoms with van der Waals surface area (Å²) >= 11 is 1.59. The Labute approximate surface area is 123 Å². The van der Waals surface area contributed by atoms with Crippen LogP contribution in [0.15, 0.2) is 40.6 Å². The molecule has 106 valence electrons. The molecule has 1 fully saturated rings. The molecule has 1 aromatic heterocycles. The number of aromatic nitrogens is 3. The van der Waals surface area contributed by atoms with Crippen LogP contribution < -0.4 is 5.32 Å². The van der Waals surface area contributed by atoms with E-state index < -0.39 is 0 Å². The van der Waals surface area contributed by atoms with Crippen LogP contribution in [-0.4, -0.2) is 21.2 Å². The van der Waals surface area contributed by atoms with Crippen LogP contribution >= 0.6 is 11.8 Å². The van der Waals surface area contributed by atoms with Crippen molar-refractivity contribution in [1.82, 2.24) is 15.2 Å². The highest BCUT2D eigenvalue weighted by Crippen LogP contribution is 2.29. The molecule has 2 aromatic rings. The van der Waals surface area contributed by atoms with Gasteiger partial charge in [-0.1, -0.05) is 31.5 Å². The Balaban J connectivity index is 1.61. The molecule has 0 radical (unpaired) electrons. The molecule has 0 saturated heterocycles. The van der Waals surface area contributed by atoms with E-state index in [1.165, 1.54) is 42.6 Å². The molecular weight excluding hydrogens is 268 g/mol. The highest BCUT2D eigenvalue weighted by Gasteiger charge is 2.20. The van der Waals surface area contributed by atoms with Crippen LogP contribution in [0.3, 0.4) is 0 Å². The first-order valence-corrected chi connectivity index (χ1v) is 8.03. The molecule has 1 aliphatic rings. The topological polar surface area (TPSA) is 53.6 Å². The number of anilines is 1. The zero-order valence-electron chi connectivity index (χ0n) is 11.7. The lowest BCUT2D eigenvalue weighted by molar-refractivity contribution is 0.349. The summed E-state index contributed by atoms with van der Waals surface area (Å²) in [6, 6.07) is 9.18. The van der Waals surface area contributed by atoms with Crippen molar-refractivity contribution in [2.75, 3.05) is 5.32 Å². The van der Waals surface area contributed by atoms with Crippen LogP contribution in [0, 0.1) is 5.92 Å². The van der Waals surface area contributed by atoms with Gasteiger partial charge in [0.2, 0.25) is 0 Å². The van der Waals surface area contributed by atoms with Crippen molar-refractivity contribution in [1.29, 1.82) is 0 Å². The Kier molecular flexibility index (Phi) is 4.25. The molecule has 1 heterocycles. The van der Waals surface area contributed by atoms with E-state index in [0.717, 1.165) is 11.1 Å². The SMILES string of the molecule is CC1CCCCC1Nc1ccc(Sc2ncn[nH]2)cc1. The van der Waals surface area contributed by atoms with Gasteiger partial charge in [-0.05, 0) is 43.0 Å². The first kappa shape index (κ1) is 13.5. The summed E-state index contributed by atoms with van der Waals surface area (Å²) in [4.78, 5) is 5.29. The van der Waals surface area contributed by atoms with Gasteiger partial charge in [-0.25, -0.2) is 4.98 Å². The summed E-state index contributed by atoms with van der Waals surface area (Å²) in [6.45, 7) is 2.35. The normalized spacial score (nSPS) is 22.6. The second kappa shape index (κ2) is 6.31. The minimum Gasteiger partial charge on any atom is -0.382 e. The van der Waals surface area contributed by atoms with Gasteiger partial charge in [0.1, 0.15) is 6.33 Å². The van der Waals surface area contributed by atoms with E-state index >= 15 is 0 Å². The Bertz CT molecular complexity index is 523. The zero-order chi connectivity index (χ0) is 13.8. The zero-order valence-corrected chi connectivity index (χ0v) is 12.5. The fourth-order valence-corrected chi connectivity index (χ4v) is 3.41. The number of hydrogen-bond donors (Lipinski definition) is 2. The Morgan fingerprint density at radius 1 is 1.20 bits per heavy atom. The number of nitrogens with one attached hydrogen (secondary N) is 2. The van der Waals surface area contributed by atoms with Crippen molar-refractivity contribution >= 4 is 17.4 Å². The van der Waals surface area contributed by atoms with E-state index in [9.17, 15) is 0 Å². The Morgan fingerprint density at radius 2 is 2.00 bits per heavy atom. The van der Waals surface area contributed by atoms with Crippen molar-refractivity contribution in [3.8, 4) is 0 Å². The van der Waals surface area contributed by atoms with E-state index in [2.05, 4.69) is 51.7 Å². The molecule has 0 aliphatic heterocycles. The lowest BCUT2D eigenvalue weighted by Gasteiger charge is -2.30. The third-order valence-corrected chi connectivity index (χ3v) is 4.82. The molecule has 2 unspecified atom stereocenters. The fraction of sp³-hybridized carbons (Fsp3) is 0.467. The molecule has 1 saturated carbocycles. The van der Waals surface area contributed by atoms with E-state index in [4.69, 9.17) is 0 Å². The molecule has 0 amide bonds. The molecule has 4 nitrogen and oxygen atoms in total. The summed E-state index contributed by atoms with van der Waals surface area (Å²) < 4.78 is 0. The largest absolute Gasteiger partial charge is 0.382 e. The third-order valence-electron chi connectivity index (χ3n) is 3.93. The monoisotopic (exact) mass is 288 g/mol. The fourth-order valence-electron chi connectivity index (χ4n) is 2.72. The predicted octanol–water partition coefficient (Wildman–Crippen LogP) is 3.95. The Hall–Kier alpha value is -1.49. The number of rotatable bonds is 4. The van der Waals surface area contributed by atoms with Gasteiger partial charge in [-0.15, -0.1) is 0 Å². The second-order valence-corrected chi connectivity index (χ2v) is 6.49. The molecule has 0 spiro atoms. The van der Waals surface area contributed by atoms with Crippen LogP contribution in [0.4, 0.5) is 5.69 Å². The van der Waals surface area contributed by atoms with Crippen LogP contribution in [0.25, 0.3) is 0 Å². The lowest BCUT2D eigenvalue weighted by atomic mass is 9.86. The van der Waals surface area contributed by atoms with Crippen LogP contribution in [0.1, 0.15) is 32.6 Å². The maximum absolute atomic E-state index is 4.12. The Morgan fingerprint density at radius 3 is 2.70 bits per heavy atom. The number of hydrogen-bond acceptors (Lipinski definition) is 4. The smallest absolute Gasteiger partial charge is 0.188 e. The third kappa shape index (κ3) is 3.33. The summed E-state index contributed by atoms with van der Waals surface area (Å²) in [5.74, 6) is 0.770. The molecule has 3 rings (SSSR count). The van der Waals surface area contributed by atoms with Crippen molar-refractivity contribution in [2.24, 2.45) is 5.92 Å². The molecule has 1 aliphatic carbocycles. The lowest BCUT2D eigenvalue weighted by Crippen LogP contribution is -2.30. The minimum absolute atomic E-state index is 0.622. The summed E-state index contributed by atoms with van der Waals surface area (Å²) in [7, 11) is 0. The van der Waals surface area contributed by atoms with Crippen LogP contribution in [0.5, 0.6) is 0 Å². The van der Waals surface area contributed by atoms with Gasteiger partial charge in [-0.3, -0.25) is 5.10 Å². The maximum atomic E-state index is 4.12. The predicted molar refractivity (Wildman–Crippen MR) is 82.0 cm³/mol. The summed E-state index contributed by atoms with van der Waals surface area (Å²) in [5.41, 5.74) is 1.21. The van der Waals surface area contributed by atoms with Gasteiger partial charge in [0.25, 0.3) is 0 Å². The van der Waals surface area contributed by atoms with Crippen LogP contribution in [-0.2, 0) is 0 Å². The molecule has 1 aromatic carbocycles. The second-order valence-electron chi connectivity index (χ2n) is 5.43. The van der Waals surface area contributed by atoms with Gasteiger partial charge >= 0.3 is 0 Å². The molecule has 2 N–H and O–H groups in total. The number of aromatic amines is 1. The summed E-state index contributed by atoms with van der Waals surface area (Å²) in [6.07, 6.45) is 6.89. The number of nitrogens with zero attached hydrogens (tertiary/aromatic N) is 2. The average molecular weight is 288 g/mol. The van der Waals surface area contributed by atoms with E-state index in [1.807, 2.05) is 0 Å². The van der Waals surface area contributed by atoms with Gasteiger partial charge in [-0.2, -0.15) is 5.10 Å². The molecule has 2 atom stereocenters. The van der Waals surface area contributed by atoms with Gasteiger partial charge in [0.15, 0.2) is 5.16 Å². The van der Waals surface area contributed by atoms with E-state index in [-0.39, 0.29) is 0 Å². The standard InChI is InChI=1S/C15H20N4S/c1-11-4-2-3-5-14(11)18-12-6-8-13(9-7-12)20-15-16-10-17-19-15/h6-11,14,18H,2-5H2,1H3,(H,16,17,19). The van der Waals surface area contributed by atoms with Crippen molar-refractivity contribution in [2.45, 2.75) is 48.7 Å². The van der Waals surface area contributed by atoms with Crippen molar-refractivity contribution < 1.29 is 0 Å². The quantitative estimate of drug-likeness (QED) is 0.894. The highest BCUT2D eigenvalue weighted by atomic mass is 32.2. The van der Waals surface area contributed by atoms with Crippen molar-refractivity contribution in [3.05, 3.63) is 30.6 Å². The maximum Gasteiger partial charge on any atom is 0.188 e. The number of benzene rings is 1. The molecule has 0 bridgehead atoms. The summed E-state index contributed by atoms with van der Waals surface area (Å²) in [5, 5.41) is 11.2. The first-order valence-electron chi connectivity index (χ1n) is 7.21. The van der Waals surface area contributed by atoms with Gasteiger partial charge < -0.3 is 5.32 Å². The molecule has 5 heteroatoms. The minimum atomic E-state index is 0.622. The van der Waals surface area contributed by atoms with E-state index in [0.29, 0.717) is 6.04 Å². The number of H-pyrrole nitrogens is 1. The highest BCUT2D eigenvalue weighted by molar-refractivity contribution is 7.99. The van der Waals surface area contributed by atoms with Crippen molar-refractivity contribution in [3.63, 3.8) is 0 Å². The molecule has 20 heavy (non-hydrogen) atoms. The van der Waals surface area contributed by atoms with Crippen LogP contribution in [0.2, 0.25) is 0 Å². The van der Waals surface area contributed by atoms with Gasteiger partial charge in [0, 0.05) is 16.6 Å². The van der Waals surface area contributed by atoms with Gasteiger partial charge in [0.05, 0.1) is 0 Å². The first-order chi connectivity index (χ1) is 9.81. The molecular formula is C15H20N4S. The average Bonchev–Trinajstić information content (AvgIpc) is 2.96. The van der Waals surface area contributed by atoms with E-state index in [1.54, 1.807) is 11.8 Å².